The minimum absolute atomic E-state index is 0.292. The lowest BCUT2D eigenvalue weighted by Gasteiger charge is -2.21. The number of nitrogens with two attached hydrogens (primary N) is 1. The maximum Gasteiger partial charge on any atom is 0.224 e. The molecule has 0 aromatic heterocycles. The lowest BCUT2D eigenvalue weighted by Crippen LogP contribution is -2.40. The first-order valence-corrected chi connectivity index (χ1v) is 6.03. The van der Waals surface area contributed by atoms with Crippen LogP contribution in [0, 0.1) is 5.41 Å². The quantitative estimate of drug-likeness (QED) is 0.769. The van der Waals surface area contributed by atoms with Gasteiger partial charge in [0.15, 0.2) is 0 Å². The highest BCUT2D eigenvalue weighted by molar-refractivity contribution is 5.80. The summed E-state index contributed by atoms with van der Waals surface area (Å²) in [6.45, 7) is 5.53. The minimum atomic E-state index is -0.532. The van der Waals surface area contributed by atoms with Crippen LogP contribution in [0.4, 0.5) is 0 Å². The van der Waals surface area contributed by atoms with E-state index in [1.165, 1.54) is 5.56 Å². The number of benzene rings is 1. The van der Waals surface area contributed by atoms with Gasteiger partial charge >= 0.3 is 0 Å². The summed E-state index contributed by atoms with van der Waals surface area (Å²) in [7, 11) is 1.68. The molecule has 0 aliphatic heterocycles. The molecule has 0 bridgehead atoms. The fourth-order valence-electron chi connectivity index (χ4n) is 1.62. The van der Waals surface area contributed by atoms with Gasteiger partial charge in [0.1, 0.15) is 0 Å². The molecule has 0 spiro atoms. The van der Waals surface area contributed by atoms with Gasteiger partial charge in [-0.2, -0.15) is 0 Å². The fourth-order valence-corrected chi connectivity index (χ4v) is 1.62. The molecular weight excluding hydrogens is 228 g/mol. The van der Waals surface area contributed by atoms with Crippen LogP contribution in [0.3, 0.4) is 0 Å². The van der Waals surface area contributed by atoms with E-state index in [-0.39, 0.29) is 5.91 Å². The second-order valence-corrected chi connectivity index (χ2v) is 5.05. The summed E-state index contributed by atoms with van der Waals surface area (Å²) < 4.78 is 5.15. The molecule has 1 rings (SSSR count). The topological polar surface area (TPSA) is 64.3 Å². The van der Waals surface area contributed by atoms with Crippen LogP contribution in [0.5, 0.6) is 0 Å². The Labute approximate surface area is 109 Å². The van der Waals surface area contributed by atoms with E-state index < -0.39 is 5.41 Å². The normalized spacial score (nSPS) is 11.5. The predicted octanol–water partition coefficient (Wildman–Crippen LogP) is 1.43. The van der Waals surface area contributed by atoms with E-state index in [0.29, 0.717) is 19.7 Å². The Balaban J connectivity index is 2.56. The van der Waals surface area contributed by atoms with Gasteiger partial charge in [-0.15, -0.1) is 0 Å². The Hall–Kier alpha value is -1.39. The van der Waals surface area contributed by atoms with E-state index in [0.717, 1.165) is 5.56 Å². The first-order valence-electron chi connectivity index (χ1n) is 6.03. The number of hydrogen-bond acceptors (Lipinski definition) is 3. The molecule has 0 saturated heterocycles. The summed E-state index contributed by atoms with van der Waals surface area (Å²) in [5.74, 6) is -0.292. The number of rotatable bonds is 7. The highest BCUT2D eigenvalue weighted by Gasteiger charge is 2.24. The highest BCUT2D eigenvalue weighted by atomic mass is 16.5. The van der Waals surface area contributed by atoms with Crippen molar-refractivity contribution in [2.24, 2.45) is 11.1 Å². The van der Waals surface area contributed by atoms with E-state index in [1.807, 2.05) is 32.0 Å². The fraction of sp³-hybridized carbons (Fsp3) is 0.500. The molecule has 0 unspecified atom stereocenters. The SMILES string of the molecule is COCc1ccccc1CNCC(C)(C)C(N)=O. The molecule has 4 nitrogen and oxygen atoms in total. The average molecular weight is 250 g/mol. The van der Waals surface area contributed by atoms with E-state index in [4.69, 9.17) is 10.5 Å². The average Bonchev–Trinajstić information content (AvgIpc) is 2.31. The zero-order chi connectivity index (χ0) is 13.6. The summed E-state index contributed by atoms with van der Waals surface area (Å²) in [5.41, 5.74) is 7.13. The van der Waals surface area contributed by atoms with Crippen LogP contribution in [0.1, 0.15) is 25.0 Å². The summed E-state index contributed by atoms with van der Waals surface area (Å²) >= 11 is 0. The molecule has 0 atom stereocenters. The van der Waals surface area contributed by atoms with Crippen molar-refractivity contribution in [1.29, 1.82) is 0 Å². The molecule has 0 fully saturated rings. The maximum atomic E-state index is 11.2. The van der Waals surface area contributed by atoms with Crippen molar-refractivity contribution >= 4 is 5.91 Å². The van der Waals surface area contributed by atoms with Crippen molar-refractivity contribution in [3.63, 3.8) is 0 Å². The molecule has 4 heteroatoms. The van der Waals surface area contributed by atoms with Crippen LogP contribution in [-0.4, -0.2) is 19.6 Å². The van der Waals surface area contributed by atoms with E-state index >= 15 is 0 Å². The van der Waals surface area contributed by atoms with E-state index in [1.54, 1.807) is 7.11 Å². The molecule has 0 aliphatic carbocycles. The Morgan fingerprint density at radius 2 is 1.94 bits per heavy atom. The van der Waals surface area contributed by atoms with Gasteiger partial charge in [-0.3, -0.25) is 4.79 Å². The summed E-state index contributed by atoms with van der Waals surface area (Å²) in [4.78, 5) is 11.2. The lowest BCUT2D eigenvalue weighted by atomic mass is 9.92. The first-order chi connectivity index (χ1) is 8.47. The summed E-state index contributed by atoms with van der Waals surface area (Å²) in [6, 6.07) is 8.08. The Morgan fingerprint density at radius 3 is 2.50 bits per heavy atom. The monoisotopic (exact) mass is 250 g/mol. The van der Waals surface area contributed by atoms with Gasteiger partial charge in [-0.05, 0) is 25.0 Å². The number of hydrogen-bond donors (Lipinski definition) is 2. The third-order valence-electron chi connectivity index (χ3n) is 2.97. The van der Waals surface area contributed by atoms with Crippen LogP contribution >= 0.6 is 0 Å². The van der Waals surface area contributed by atoms with Crippen LogP contribution in [0.2, 0.25) is 0 Å². The van der Waals surface area contributed by atoms with Crippen molar-refractivity contribution in [3.8, 4) is 0 Å². The lowest BCUT2D eigenvalue weighted by molar-refractivity contribution is -0.125. The van der Waals surface area contributed by atoms with Crippen LogP contribution in [-0.2, 0) is 22.7 Å². The summed E-state index contributed by atoms with van der Waals surface area (Å²) in [5, 5.41) is 3.27. The first kappa shape index (κ1) is 14.7. The predicted molar refractivity (Wildman–Crippen MR) is 71.8 cm³/mol. The van der Waals surface area contributed by atoms with Gasteiger partial charge in [-0.25, -0.2) is 0 Å². The molecule has 0 heterocycles. The van der Waals surface area contributed by atoms with Gasteiger partial charge in [0.2, 0.25) is 5.91 Å². The Morgan fingerprint density at radius 1 is 1.33 bits per heavy atom. The second kappa shape index (κ2) is 6.52. The number of carbonyl (C=O) groups excluding carboxylic acids is 1. The van der Waals surface area contributed by atoms with Gasteiger partial charge < -0.3 is 15.8 Å². The number of primary amides is 1. The molecule has 0 saturated carbocycles. The summed E-state index contributed by atoms with van der Waals surface area (Å²) in [6.07, 6.45) is 0. The van der Waals surface area contributed by atoms with Crippen LogP contribution in [0.25, 0.3) is 0 Å². The highest BCUT2D eigenvalue weighted by Crippen LogP contribution is 2.14. The minimum Gasteiger partial charge on any atom is -0.380 e. The third kappa shape index (κ3) is 4.13. The molecule has 1 aromatic rings. The zero-order valence-electron chi connectivity index (χ0n) is 11.3. The molecule has 100 valence electrons. The van der Waals surface area contributed by atoms with Crippen LogP contribution in [0.15, 0.2) is 24.3 Å². The van der Waals surface area contributed by atoms with E-state index in [2.05, 4.69) is 11.4 Å². The zero-order valence-corrected chi connectivity index (χ0v) is 11.3. The van der Waals surface area contributed by atoms with Crippen molar-refractivity contribution in [2.75, 3.05) is 13.7 Å². The molecule has 18 heavy (non-hydrogen) atoms. The standard InChI is InChI=1S/C14H22N2O2/c1-14(2,13(15)17)10-16-8-11-6-4-5-7-12(11)9-18-3/h4-7,16H,8-10H2,1-3H3,(H2,15,17). The molecule has 1 aromatic carbocycles. The largest absolute Gasteiger partial charge is 0.380 e. The third-order valence-corrected chi connectivity index (χ3v) is 2.97. The van der Waals surface area contributed by atoms with E-state index in [9.17, 15) is 4.79 Å². The van der Waals surface area contributed by atoms with Crippen molar-refractivity contribution in [2.45, 2.75) is 27.0 Å². The van der Waals surface area contributed by atoms with Crippen molar-refractivity contribution in [1.82, 2.24) is 5.32 Å². The Bertz CT molecular complexity index is 403. The second-order valence-electron chi connectivity index (χ2n) is 5.05. The van der Waals surface area contributed by atoms with Gasteiger partial charge in [0, 0.05) is 20.2 Å². The number of methoxy groups -OCH3 is 1. The van der Waals surface area contributed by atoms with Crippen molar-refractivity contribution < 1.29 is 9.53 Å². The number of carbonyl (C=O) groups is 1. The van der Waals surface area contributed by atoms with Gasteiger partial charge in [0.05, 0.1) is 12.0 Å². The smallest absolute Gasteiger partial charge is 0.224 e. The van der Waals surface area contributed by atoms with Crippen molar-refractivity contribution in [3.05, 3.63) is 35.4 Å². The number of ether oxygens (including phenoxy) is 1. The molecule has 3 N–H and O–H groups in total. The number of nitrogens with one attached hydrogen (secondary N) is 1. The molecule has 0 radical (unpaired) electrons. The molecule has 1 amide bonds. The van der Waals surface area contributed by atoms with Crippen LogP contribution < -0.4 is 11.1 Å². The van der Waals surface area contributed by atoms with Gasteiger partial charge in [0.25, 0.3) is 0 Å². The number of amides is 1. The molecular formula is C14H22N2O2. The molecule has 0 aliphatic rings. The van der Waals surface area contributed by atoms with Gasteiger partial charge in [-0.1, -0.05) is 24.3 Å². The Kier molecular flexibility index (Phi) is 5.31. The maximum absolute atomic E-state index is 11.2.